The molecular weight excluding hydrogens is 302 g/mol. The van der Waals surface area contributed by atoms with E-state index < -0.39 is 0 Å². The predicted molar refractivity (Wildman–Crippen MR) is 93.7 cm³/mol. The largest absolute Gasteiger partial charge is 0.368 e. The lowest BCUT2D eigenvalue weighted by Gasteiger charge is -2.39. The average Bonchev–Trinajstić information content (AvgIpc) is 2.59. The van der Waals surface area contributed by atoms with Gasteiger partial charge in [0.25, 0.3) is 0 Å². The summed E-state index contributed by atoms with van der Waals surface area (Å²) in [7, 11) is 0. The highest BCUT2D eigenvalue weighted by molar-refractivity contribution is 5.81. The number of aromatic nitrogens is 2. The Bertz CT molecular complexity index is 711. The molecule has 1 aliphatic heterocycles. The van der Waals surface area contributed by atoms with Gasteiger partial charge in [-0.2, -0.15) is 0 Å². The summed E-state index contributed by atoms with van der Waals surface area (Å²) in [5, 5.41) is 0. The molecular formula is C18H23N5O. The first-order valence-corrected chi connectivity index (χ1v) is 8.20. The minimum atomic E-state index is -0.377. The number of benzene rings is 1. The lowest BCUT2D eigenvalue weighted by Crippen LogP contribution is -2.50. The van der Waals surface area contributed by atoms with Crippen LogP contribution in [0.25, 0.3) is 0 Å². The van der Waals surface area contributed by atoms with Crippen molar-refractivity contribution in [3.8, 4) is 0 Å². The molecule has 0 unspecified atom stereocenters. The number of hydrogen-bond donors (Lipinski definition) is 1. The molecule has 126 valence electrons. The van der Waals surface area contributed by atoms with E-state index in [4.69, 9.17) is 5.73 Å². The van der Waals surface area contributed by atoms with Gasteiger partial charge in [0.1, 0.15) is 11.9 Å². The van der Waals surface area contributed by atoms with Crippen molar-refractivity contribution >= 4 is 11.7 Å². The molecule has 0 radical (unpaired) electrons. The Balaban J connectivity index is 1.74. The molecule has 0 saturated carbocycles. The maximum atomic E-state index is 12.0. The van der Waals surface area contributed by atoms with Gasteiger partial charge < -0.3 is 10.6 Å². The Labute approximate surface area is 142 Å². The van der Waals surface area contributed by atoms with Crippen LogP contribution >= 0.6 is 0 Å². The standard InChI is InChI=1S/C18H23N5O/c1-13-12-20-14(2)18(21-13)23-10-8-22(9-11-23)16(17(19)24)15-6-4-3-5-7-15/h3-7,12,16H,8-11H2,1-2H3,(H2,19,24)/t16-/m0/s1. The molecule has 1 amide bonds. The topological polar surface area (TPSA) is 75.3 Å². The molecule has 3 rings (SSSR count). The van der Waals surface area contributed by atoms with Crippen molar-refractivity contribution < 1.29 is 4.79 Å². The highest BCUT2D eigenvalue weighted by Gasteiger charge is 2.29. The minimum absolute atomic E-state index is 0.304. The summed E-state index contributed by atoms with van der Waals surface area (Å²) in [6.45, 7) is 7.05. The number of amides is 1. The van der Waals surface area contributed by atoms with Crippen molar-refractivity contribution in [1.29, 1.82) is 0 Å². The number of nitrogens with two attached hydrogens (primary N) is 1. The first kappa shape index (κ1) is 16.4. The number of nitrogens with zero attached hydrogens (tertiary/aromatic N) is 4. The second kappa shape index (κ2) is 6.97. The van der Waals surface area contributed by atoms with Crippen molar-refractivity contribution in [2.45, 2.75) is 19.9 Å². The van der Waals surface area contributed by atoms with Crippen LogP contribution in [0.1, 0.15) is 23.0 Å². The summed E-state index contributed by atoms with van der Waals surface area (Å²) in [4.78, 5) is 25.4. The van der Waals surface area contributed by atoms with E-state index in [1.165, 1.54) is 0 Å². The van der Waals surface area contributed by atoms with E-state index in [1.807, 2.05) is 44.2 Å². The van der Waals surface area contributed by atoms with E-state index in [1.54, 1.807) is 6.20 Å². The van der Waals surface area contributed by atoms with Crippen molar-refractivity contribution in [3.05, 3.63) is 53.5 Å². The molecule has 6 heteroatoms. The highest BCUT2D eigenvalue weighted by Crippen LogP contribution is 2.24. The zero-order chi connectivity index (χ0) is 17.1. The van der Waals surface area contributed by atoms with Crippen LogP contribution in [-0.2, 0) is 4.79 Å². The van der Waals surface area contributed by atoms with E-state index in [0.717, 1.165) is 48.9 Å². The number of rotatable bonds is 4. The number of carbonyl (C=O) groups is 1. The molecule has 1 fully saturated rings. The van der Waals surface area contributed by atoms with E-state index in [2.05, 4.69) is 19.8 Å². The Morgan fingerprint density at radius 2 is 1.79 bits per heavy atom. The second-order valence-corrected chi connectivity index (χ2v) is 6.16. The number of hydrogen-bond acceptors (Lipinski definition) is 5. The first-order valence-electron chi connectivity index (χ1n) is 8.20. The van der Waals surface area contributed by atoms with Gasteiger partial charge in [0.2, 0.25) is 5.91 Å². The van der Waals surface area contributed by atoms with Crippen LogP contribution in [0.3, 0.4) is 0 Å². The Morgan fingerprint density at radius 3 is 2.42 bits per heavy atom. The molecule has 1 aliphatic rings. The minimum Gasteiger partial charge on any atom is -0.368 e. The smallest absolute Gasteiger partial charge is 0.239 e. The number of aryl methyl sites for hydroxylation is 2. The zero-order valence-electron chi connectivity index (χ0n) is 14.1. The normalized spacial score (nSPS) is 16.8. The number of piperazine rings is 1. The van der Waals surface area contributed by atoms with E-state index in [-0.39, 0.29) is 11.9 Å². The average molecular weight is 325 g/mol. The van der Waals surface area contributed by atoms with E-state index in [9.17, 15) is 4.79 Å². The Hall–Kier alpha value is -2.47. The summed E-state index contributed by atoms with van der Waals surface area (Å²) >= 11 is 0. The van der Waals surface area contributed by atoms with Crippen LogP contribution in [0.4, 0.5) is 5.82 Å². The monoisotopic (exact) mass is 325 g/mol. The molecule has 0 bridgehead atoms. The van der Waals surface area contributed by atoms with Crippen molar-refractivity contribution in [2.24, 2.45) is 5.73 Å². The summed E-state index contributed by atoms with van der Waals surface area (Å²) < 4.78 is 0. The third-order valence-electron chi connectivity index (χ3n) is 4.41. The molecule has 2 N–H and O–H groups in total. The summed E-state index contributed by atoms with van der Waals surface area (Å²) in [5.74, 6) is 0.631. The molecule has 1 atom stereocenters. The highest BCUT2D eigenvalue weighted by atomic mass is 16.1. The zero-order valence-corrected chi connectivity index (χ0v) is 14.1. The summed E-state index contributed by atoms with van der Waals surface area (Å²) in [5.41, 5.74) is 8.47. The third kappa shape index (κ3) is 3.38. The predicted octanol–water partition coefficient (Wildman–Crippen LogP) is 1.44. The number of primary amides is 1. The van der Waals surface area contributed by atoms with Gasteiger partial charge in [0, 0.05) is 32.4 Å². The van der Waals surface area contributed by atoms with Crippen molar-refractivity contribution in [2.75, 3.05) is 31.1 Å². The molecule has 1 saturated heterocycles. The third-order valence-corrected chi connectivity index (χ3v) is 4.41. The fourth-order valence-corrected chi connectivity index (χ4v) is 3.21. The molecule has 24 heavy (non-hydrogen) atoms. The van der Waals surface area contributed by atoms with E-state index >= 15 is 0 Å². The SMILES string of the molecule is Cc1cnc(C)c(N2CCN([C@H](C(N)=O)c3ccccc3)CC2)n1. The molecule has 0 spiro atoms. The van der Waals surface area contributed by atoms with Crippen molar-refractivity contribution in [3.63, 3.8) is 0 Å². The maximum Gasteiger partial charge on any atom is 0.239 e. The van der Waals surface area contributed by atoms with Gasteiger partial charge in [0.05, 0.1) is 11.4 Å². The first-order chi connectivity index (χ1) is 11.6. The van der Waals surface area contributed by atoms with Gasteiger partial charge >= 0.3 is 0 Å². The fraction of sp³-hybridized carbons (Fsp3) is 0.389. The van der Waals surface area contributed by atoms with Crippen LogP contribution < -0.4 is 10.6 Å². The molecule has 1 aromatic heterocycles. The summed E-state index contributed by atoms with van der Waals surface area (Å²) in [6, 6.07) is 9.35. The van der Waals surface area contributed by atoms with Crippen molar-refractivity contribution in [1.82, 2.24) is 14.9 Å². The van der Waals surface area contributed by atoms with Gasteiger partial charge in [-0.15, -0.1) is 0 Å². The fourth-order valence-electron chi connectivity index (χ4n) is 3.21. The van der Waals surface area contributed by atoms with Crippen LogP contribution in [0, 0.1) is 13.8 Å². The summed E-state index contributed by atoms with van der Waals surface area (Å²) in [6.07, 6.45) is 1.79. The van der Waals surface area contributed by atoms with Gasteiger partial charge in [-0.1, -0.05) is 30.3 Å². The van der Waals surface area contributed by atoms with Gasteiger partial charge in [-0.3, -0.25) is 14.7 Å². The Morgan fingerprint density at radius 1 is 1.12 bits per heavy atom. The van der Waals surface area contributed by atoms with Crippen LogP contribution in [0.15, 0.2) is 36.5 Å². The van der Waals surface area contributed by atoms with Gasteiger partial charge in [-0.25, -0.2) is 4.98 Å². The maximum absolute atomic E-state index is 12.0. The lowest BCUT2D eigenvalue weighted by atomic mass is 10.0. The lowest BCUT2D eigenvalue weighted by molar-refractivity contribution is -0.123. The quantitative estimate of drug-likeness (QED) is 0.921. The van der Waals surface area contributed by atoms with Gasteiger partial charge in [-0.05, 0) is 19.4 Å². The molecule has 6 nitrogen and oxygen atoms in total. The Kier molecular flexibility index (Phi) is 4.76. The molecule has 0 aliphatic carbocycles. The van der Waals surface area contributed by atoms with Crippen LogP contribution in [0.5, 0.6) is 0 Å². The number of carbonyl (C=O) groups excluding carboxylic acids is 1. The van der Waals surface area contributed by atoms with Gasteiger partial charge in [0.15, 0.2) is 0 Å². The van der Waals surface area contributed by atoms with E-state index in [0.29, 0.717) is 0 Å². The molecule has 2 aromatic rings. The van der Waals surface area contributed by atoms with Crippen LogP contribution in [0.2, 0.25) is 0 Å². The molecule has 2 heterocycles. The van der Waals surface area contributed by atoms with Crippen LogP contribution in [-0.4, -0.2) is 47.0 Å². The number of anilines is 1. The second-order valence-electron chi connectivity index (χ2n) is 6.16. The molecule has 1 aromatic carbocycles.